The molecular weight excluding hydrogens is 354 g/mol. The molecule has 0 fully saturated rings. The predicted octanol–water partition coefficient (Wildman–Crippen LogP) is 3.26. The van der Waals surface area contributed by atoms with E-state index in [1.807, 2.05) is 0 Å². The molecule has 138 valence electrons. The Morgan fingerprint density at radius 2 is 1.65 bits per heavy atom. The monoisotopic (exact) mass is 375 g/mol. The van der Waals surface area contributed by atoms with Crippen LogP contribution in [0.1, 0.15) is 31.1 Å². The number of esters is 1. The first-order valence-electron chi connectivity index (χ1n) is 7.98. The highest BCUT2D eigenvalue weighted by atomic mass is 32.2. The molecule has 2 rings (SSSR count). The molecule has 0 atom stereocenters. The second-order valence-electron chi connectivity index (χ2n) is 6.75. The van der Waals surface area contributed by atoms with E-state index < -0.39 is 21.4 Å². The first-order valence-corrected chi connectivity index (χ1v) is 9.46. The smallest absolute Gasteiger partial charge is 0.338 e. The van der Waals surface area contributed by atoms with E-state index in [-0.39, 0.29) is 28.5 Å². The highest BCUT2D eigenvalue weighted by Gasteiger charge is 2.23. The van der Waals surface area contributed by atoms with Gasteiger partial charge in [-0.1, -0.05) is 45.0 Å². The number of rotatable bonds is 6. The summed E-state index contributed by atoms with van der Waals surface area (Å²) >= 11 is 0. The molecule has 0 unspecified atom stereocenters. The predicted molar refractivity (Wildman–Crippen MR) is 98.4 cm³/mol. The maximum Gasteiger partial charge on any atom is 0.338 e. The third-order valence-electron chi connectivity index (χ3n) is 3.57. The number of sulfonamides is 1. The summed E-state index contributed by atoms with van der Waals surface area (Å²) in [6.07, 6.45) is 0. The maximum absolute atomic E-state index is 12.3. The average molecular weight is 375 g/mol. The van der Waals surface area contributed by atoms with Crippen molar-refractivity contribution >= 4 is 27.5 Å². The number of anilines is 1. The fourth-order valence-corrected chi connectivity index (χ4v) is 3.02. The van der Waals surface area contributed by atoms with Crippen molar-refractivity contribution in [2.75, 3.05) is 11.3 Å². The van der Waals surface area contributed by atoms with Crippen LogP contribution in [0.25, 0.3) is 0 Å². The van der Waals surface area contributed by atoms with Crippen molar-refractivity contribution in [3.05, 3.63) is 60.2 Å². The summed E-state index contributed by atoms with van der Waals surface area (Å²) in [5.41, 5.74) is -0.224. The van der Waals surface area contributed by atoms with Gasteiger partial charge in [-0.05, 0) is 30.3 Å². The Bertz CT molecular complexity index is 899. The number of benzene rings is 2. The van der Waals surface area contributed by atoms with Crippen molar-refractivity contribution in [1.82, 2.24) is 0 Å². The van der Waals surface area contributed by atoms with E-state index in [1.165, 1.54) is 36.4 Å². The molecule has 0 aliphatic rings. The Morgan fingerprint density at radius 3 is 2.27 bits per heavy atom. The van der Waals surface area contributed by atoms with Gasteiger partial charge in [-0.25, -0.2) is 13.2 Å². The molecule has 0 saturated heterocycles. The van der Waals surface area contributed by atoms with Gasteiger partial charge in [0, 0.05) is 11.1 Å². The van der Waals surface area contributed by atoms with Crippen LogP contribution in [0.3, 0.4) is 0 Å². The molecule has 0 aliphatic heterocycles. The van der Waals surface area contributed by atoms with Gasteiger partial charge in [-0.3, -0.25) is 9.52 Å². The lowest BCUT2D eigenvalue weighted by Crippen LogP contribution is -2.26. The van der Waals surface area contributed by atoms with Crippen LogP contribution in [0.5, 0.6) is 0 Å². The lowest BCUT2D eigenvalue weighted by molar-refractivity contribution is -0.129. The van der Waals surface area contributed by atoms with Crippen LogP contribution in [0.4, 0.5) is 5.69 Å². The zero-order valence-electron chi connectivity index (χ0n) is 14.9. The summed E-state index contributed by atoms with van der Waals surface area (Å²) < 4.78 is 32.1. The minimum absolute atomic E-state index is 0.115. The van der Waals surface area contributed by atoms with Crippen LogP contribution in [-0.2, 0) is 19.6 Å². The second-order valence-corrected chi connectivity index (χ2v) is 8.43. The first kappa shape index (κ1) is 19.7. The molecule has 1 N–H and O–H groups in total. The molecule has 0 bridgehead atoms. The van der Waals surface area contributed by atoms with E-state index >= 15 is 0 Å². The van der Waals surface area contributed by atoms with Gasteiger partial charge in [0.05, 0.1) is 10.5 Å². The Morgan fingerprint density at radius 1 is 1.00 bits per heavy atom. The Balaban J connectivity index is 2.10. The molecule has 0 radical (unpaired) electrons. The Kier molecular flexibility index (Phi) is 5.82. The highest BCUT2D eigenvalue weighted by molar-refractivity contribution is 7.92. The highest BCUT2D eigenvalue weighted by Crippen LogP contribution is 2.18. The van der Waals surface area contributed by atoms with E-state index in [4.69, 9.17) is 4.74 Å². The fourth-order valence-electron chi connectivity index (χ4n) is 1.95. The van der Waals surface area contributed by atoms with Crippen LogP contribution in [-0.4, -0.2) is 26.8 Å². The van der Waals surface area contributed by atoms with Gasteiger partial charge in [-0.15, -0.1) is 0 Å². The van der Waals surface area contributed by atoms with Gasteiger partial charge >= 0.3 is 5.97 Å². The van der Waals surface area contributed by atoms with E-state index in [1.54, 1.807) is 39.0 Å². The molecule has 6 nitrogen and oxygen atoms in total. The second kappa shape index (κ2) is 7.70. The van der Waals surface area contributed by atoms with Crippen LogP contribution < -0.4 is 4.72 Å². The standard InChI is InChI=1S/C19H21NO5S/c1-19(2,3)17(21)13-25-18(22)14-8-7-9-15(12-14)20-26(23,24)16-10-5-4-6-11-16/h4-12,20H,13H2,1-3H3. The first-order chi connectivity index (χ1) is 12.1. The van der Waals surface area contributed by atoms with E-state index in [9.17, 15) is 18.0 Å². The molecule has 0 amide bonds. The number of ether oxygens (including phenoxy) is 1. The van der Waals surface area contributed by atoms with Gasteiger partial charge < -0.3 is 4.74 Å². The number of Topliss-reactive ketones (excluding diaryl/α,β-unsaturated/α-hetero) is 1. The molecule has 0 spiro atoms. The molecule has 26 heavy (non-hydrogen) atoms. The summed E-state index contributed by atoms with van der Waals surface area (Å²) in [7, 11) is -3.76. The number of hydrogen-bond donors (Lipinski definition) is 1. The molecular formula is C19H21NO5S. The fraction of sp³-hybridized carbons (Fsp3) is 0.263. The molecule has 2 aromatic rings. The molecule has 0 saturated carbocycles. The van der Waals surface area contributed by atoms with Crippen molar-refractivity contribution in [3.8, 4) is 0 Å². The number of hydrogen-bond acceptors (Lipinski definition) is 5. The molecule has 0 aromatic heterocycles. The van der Waals surface area contributed by atoms with Crippen LogP contribution in [0, 0.1) is 5.41 Å². The summed E-state index contributed by atoms with van der Waals surface area (Å²) in [4.78, 5) is 24.1. The van der Waals surface area contributed by atoms with Crippen molar-refractivity contribution in [1.29, 1.82) is 0 Å². The summed E-state index contributed by atoms with van der Waals surface area (Å²) in [5.74, 6) is -0.893. The van der Waals surface area contributed by atoms with E-state index in [0.717, 1.165) is 0 Å². The van der Waals surface area contributed by atoms with E-state index in [2.05, 4.69) is 4.72 Å². The van der Waals surface area contributed by atoms with Gasteiger partial charge in [0.1, 0.15) is 0 Å². The molecule has 0 aliphatic carbocycles. The summed E-state index contributed by atoms with van der Waals surface area (Å²) in [6.45, 7) is 4.88. The molecule has 0 heterocycles. The largest absolute Gasteiger partial charge is 0.454 e. The Hall–Kier alpha value is -2.67. The van der Waals surface area contributed by atoms with Gasteiger partial charge in [0.15, 0.2) is 12.4 Å². The van der Waals surface area contributed by atoms with Gasteiger partial charge in [-0.2, -0.15) is 0 Å². The van der Waals surface area contributed by atoms with E-state index in [0.29, 0.717) is 0 Å². The van der Waals surface area contributed by atoms with Crippen molar-refractivity contribution < 1.29 is 22.7 Å². The van der Waals surface area contributed by atoms with Crippen molar-refractivity contribution in [3.63, 3.8) is 0 Å². The molecule has 2 aromatic carbocycles. The summed E-state index contributed by atoms with van der Waals surface area (Å²) in [6, 6.07) is 13.8. The van der Waals surface area contributed by atoms with Gasteiger partial charge in [0.2, 0.25) is 0 Å². The van der Waals surface area contributed by atoms with Crippen LogP contribution in [0.15, 0.2) is 59.5 Å². The number of carbonyl (C=O) groups excluding carboxylic acids is 2. The molecule has 7 heteroatoms. The third-order valence-corrected chi connectivity index (χ3v) is 4.97. The normalized spacial score (nSPS) is 11.7. The minimum Gasteiger partial charge on any atom is -0.454 e. The number of nitrogens with one attached hydrogen (secondary N) is 1. The average Bonchev–Trinajstić information content (AvgIpc) is 2.59. The van der Waals surface area contributed by atoms with Crippen LogP contribution >= 0.6 is 0 Å². The Labute approximate surface area is 153 Å². The number of ketones is 1. The zero-order valence-corrected chi connectivity index (χ0v) is 15.7. The quantitative estimate of drug-likeness (QED) is 0.783. The lowest BCUT2D eigenvalue weighted by Gasteiger charge is -2.16. The van der Waals surface area contributed by atoms with Gasteiger partial charge in [0.25, 0.3) is 10.0 Å². The third kappa shape index (κ3) is 5.16. The van der Waals surface area contributed by atoms with Crippen LogP contribution in [0.2, 0.25) is 0 Å². The zero-order chi connectivity index (χ0) is 19.4. The van der Waals surface area contributed by atoms with Crippen molar-refractivity contribution in [2.45, 2.75) is 25.7 Å². The topological polar surface area (TPSA) is 89.5 Å². The number of carbonyl (C=O) groups is 2. The summed E-state index contributed by atoms with van der Waals surface area (Å²) in [5, 5.41) is 0. The minimum atomic E-state index is -3.76. The lowest BCUT2D eigenvalue weighted by atomic mass is 9.91. The SMILES string of the molecule is CC(C)(C)C(=O)COC(=O)c1cccc(NS(=O)(=O)c2ccccc2)c1. The van der Waals surface area contributed by atoms with Crippen molar-refractivity contribution in [2.24, 2.45) is 5.41 Å². The maximum atomic E-state index is 12.3.